The van der Waals surface area contributed by atoms with Crippen molar-refractivity contribution in [2.75, 3.05) is 33.7 Å². The van der Waals surface area contributed by atoms with E-state index in [1.54, 1.807) is 0 Å². The monoisotopic (exact) mass is 542 g/mol. The second-order valence-electron chi connectivity index (χ2n) is 8.12. The summed E-state index contributed by atoms with van der Waals surface area (Å²) in [5, 5.41) is 3.41. The fraction of sp³-hybridized carbons (Fsp3) is 0.583. The van der Waals surface area contributed by atoms with E-state index in [4.69, 9.17) is 4.74 Å². The van der Waals surface area contributed by atoms with Crippen LogP contribution in [0, 0.1) is 0 Å². The first-order valence-corrected chi connectivity index (χ1v) is 11.0. The molecule has 1 saturated heterocycles. The van der Waals surface area contributed by atoms with Gasteiger partial charge < -0.3 is 19.9 Å². The summed E-state index contributed by atoms with van der Waals surface area (Å²) in [5.74, 6) is 0.957. The zero-order valence-corrected chi connectivity index (χ0v) is 21.8. The summed E-state index contributed by atoms with van der Waals surface area (Å²) in [6.07, 6.45) is 6.74. The van der Waals surface area contributed by atoms with Gasteiger partial charge in [-0.1, -0.05) is 24.6 Å². The number of morpholine rings is 1. The summed E-state index contributed by atoms with van der Waals surface area (Å²) < 4.78 is 5.73. The average Bonchev–Trinajstić information content (AvgIpc) is 2.73. The molecule has 0 bridgehead atoms. The van der Waals surface area contributed by atoms with Gasteiger partial charge in [0, 0.05) is 45.8 Å². The van der Waals surface area contributed by atoms with Crippen molar-refractivity contribution in [2.24, 2.45) is 4.99 Å². The van der Waals surface area contributed by atoms with Crippen LogP contribution < -0.4 is 5.32 Å². The van der Waals surface area contributed by atoms with Crippen LogP contribution in [0.1, 0.15) is 55.5 Å². The molecule has 0 aromatic heterocycles. The number of carbonyl (C=O) groups is 1. The van der Waals surface area contributed by atoms with Crippen molar-refractivity contribution in [1.29, 1.82) is 0 Å². The van der Waals surface area contributed by atoms with Crippen molar-refractivity contribution < 1.29 is 9.53 Å². The zero-order valence-electron chi connectivity index (χ0n) is 19.5. The van der Waals surface area contributed by atoms with Gasteiger partial charge in [0.05, 0.1) is 12.2 Å². The minimum absolute atomic E-state index is 0. The third kappa shape index (κ3) is 9.19. The maximum Gasteiger partial charge on any atom is 0.254 e. The first kappa shape index (κ1) is 27.4. The van der Waals surface area contributed by atoms with E-state index in [0.29, 0.717) is 19.6 Å². The molecule has 2 unspecified atom stereocenters. The molecule has 0 saturated carbocycles. The van der Waals surface area contributed by atoms with Gasteiger partial charge in [-0.2, -0.15) is 0 Å². The predicted molar refractivity (Wildman–Crippen MR) is 139 cm³/mol. The molecule has 1 aliphatic heterocycles. The summed E-state index contributed by atoms with van der Waals surface area (Å²) in [7, 11) is 3.87. The Balaban J connectivity index is 0.00000480. The molecule has 1 fully saturated rings. The molecule has 1 aliphatic rings. The number of benzene rings is 1. The smallest absolute Gasteiger partial charge is 0.254 e. The van der Waals surface area contributed by atoms with Crippen LogP contribution in [0.5, 0.6) is 0 Å². The van der Waals surface area contributed by atoms with Crippen molar-refractivity contribution in [3.05, 3.63) is 48.0 Å². The molecule has 174 valence electrons. The Hall–Kier alpha value is -1.61. The molecule has 31 heavy (non-hydrogen) atoms. The quantitative estimate of drug-likeness (QED) is 0.166. The van der Waals surface area contributed by atoms with Gasteiger partial charge in [-0.15, -0.1) is 30.6 Å². The Morgan fingerprint density at radius 1 is 1.23 bits per heavy atom. The highest BCUT2D eigenvalue weighted by Crippen LogP contribution is 2.15. The minimum atomic E-state index is 0. The van der Waals surface area contributed by atoms with E-state index in [-0.39, 0.29) is 42.1 Å². The summed E-state index contributed by atoms with van der Waals surface area (Å²) in [6, 6.07) is 7.85. The number of ether oxygens (including phenoxy) is 1. The molecule has 1 aromatic carbocycles. The number of hydrogen-bond donors (Lipinski definition) is 1. The minimum Gasteiger partial charge on any atom is -0.372 e. The molecule has 0 aliphatic carbocycles. The number of nitrogens with zero attached hydrogens (tertiary/aromatic N) is 3. The van der Waals surface area contributed by atoms with Gasteiger partial charge >= 0.3 is 0 Å². The van der Waals surface area contributed by atoms with E-state index in [9.17, 15) is 4.79 Å². The fourth-order valence-corrected chi connectivity index (χ4v) is 3.78. The Kier molecular flexibility index (Phi) is 12.8. The van der Waals surface area contributed by atoms with Crippen LogP contribution in [0.3, 0.4) is 0 Å². The number of nitrogens with one attached hydrogen (secondary N) is 1. The molecule has 7 heteroatoms. The van der Waals surface area contributed by atoms with Gasteiger partial charge in [-0.25, -0.2) is 0 Å². The molecule has 1 heterocycles. The maximum atomic E-state index is 12.8. The lowest BCUT2D eigenvalue weighted by atomic mass is 10.1. The summed E-state index contributed by atoms with van der Waals surface area (Å²) in [4.78, 5) is 21.2. The predicted octanol–water partition coefficient (Wildman–Crippen LogP) is 4.31. The number of guanidine groups is 1. The summed E-state index contributed by atoms with van der Waals surface area (Å²) in [5.41, 5.74) is 1.84. The zero-order chi connectivity index (χ0) is 21.9. The first-order valence-electron chi connectivity index (χ1n) is 11.0. The van der Waals surface area contributed by atoms with E-state index in [1.807, 2.05) is 56.1 Å². The van der Waals surface area contributed by atoms with E-state index in [1.165, 1.54) is 12.8 Å². The van der Waals surface area contributed by atoms with Crippen molar-refractivity contribution >= 4 is 35.8 Å². The lowest BCUT2D eigenvalue weighted by Gasteiger charge is -2.35. The third-order valence-electron chi connectivity index (χ3n) is 5.33. The van der Waals surface area contributed by atoms with Crippen LogP contribution in [-0.4, -0.2) is 67.6 Å². The molecule has 0 radical (unpaired) electrons. The van der Waals surface area contributed by atoms with Gasteiger partial charge in [0.15, 0.2) is 5.96 Å². The summed E-state index contributed by atoms with van der Waals surface area (Å²) in [6.45, 7) is 10.7. The van der Waals surface area contributed by atoms with E-state index in [2.05, 4.69) is 28.8 Å². The van der Waals surface area contributed by atoms with Gasteiger partial charge in [0.2, 0.25) is 0 Å². The van der Waals surface area contributed by atoms with Crippen LogP contribution in [0.4, 0.5) is 0 Å². The van der Waals surface area contributed by atoms with Crippen molar-refractivity contribution in [1.82, 2.24) is 15.1 Å². The normalized spacial score (nSPS) is 18.8. The Bertz CT molecular complexity index is 698. The van der Waals surface area contributed by atoms with Crippen LogP contribution in [0.2, 0.25) is 0 Å². The van der Waals surface area contributed by atoms with Gasteiger partial charge in [0.1, 0.15) is 0 Å². The molecule has 2 atom stereocenters. The molecule has 1 aromatic rings. The standard InChI is InChI=1S/C24H38N4O2.HI/c1-6-7-8-9-10-15-27(5)24(25-4)26-16-21-11-13-22(14-12-21)23(29)28-17-19(2)30-20(3)18-28;/h6,11-14,19-20H,1,7-10,15-18H2,2-5H3,(H,25,26);1H. The van der Waals surface area contributed by atoms with Gasteiger partial charge in [0.25, 0.3) is 5.91 Å². The maximum absolute atomic E-state index is 12.8. The molecule has 0 spiro atoms. The van der Waals surface area contributed by atoms with Gasteiger partial charge in [-0.3, -0.25) is 9.79 Å². The highest BCUT2D eigenvalue weighted by molar-refractivity contribution is 14.0. The summed E-state index contributed by atoms with van der Waals surface area (Å²) >= 11 is 0. The number of rotatable bonds is 9. The molecule has 1 amide bonds. The van der Waals surface area contributed by atoms with Crippen LogP contribution in [0.25, 0.3) is 0 Å². The van der Waals surface area contributed by atoms with Crippen molar-refractivity contribution in [2.45, 2.75) is 58.3 Å². The van der Waals surface area contributed by atoms with Crippen LogP contribution in [-0.2, 0) is 11.3 Å². The number of halogens is 1. The number of hydrogen-bond acceptors (Lipinski definition) is 3. The number of carbonyl (C=O) groups excluding carboxylic acids is 1. The van der Waals surface area contributed by atoms with E-state index in [0.717, 1.165) is 36.5 Å². The number of allylic oxidation sites excluding steroid dienone is 1. The number of aliphatic imine (C=N–C) groups is 1. The Morgan fingerprint density at radius 3 is 2.45 bits per heavy atom. The fourth-order valence-electron chi connectivity index (χ4n) is 3.78. The average molecular weight is 543 g/mol. The second kappa shape index (κ2) is 14.5. The largest absolute Gasteiger partial charge is 0.372 e. The van der Waals surface area contributed by atoms with Crippen LogP contribution >= 0.6 is 24.0 Å². The second-order valence-corrected chi connectivity index (χ2v) is 8.12. The topological polar surface area (TPSA) is 57.2 Å². The Labute approximate surface area is 205 Å². The highest BCUT2D eigenvalue weighted by atomic mass is 127. The highest BCUT2D eigenvalue weighted by Gasteiger charge is 2.26. The number of amides is 1. The molecule has 6 nitrogen and oxygen atoms in total. The Morgan fingerprint density at radius 2 is 1.87 bits per heavy atom. The van der Waals surface area contributed by atoms with Crippen molar-refractivity contribution in [3.63, 3.8) is 0 Å². The van der Waals surface area contributed by atoms with Crippen LogP contribution in [0.15, 0.2) is 41.9 Å². The molecule has 1 N–H and O–H groups in total. The van der Waals surface area contributed by atoms with E-state index >= 15 is 0 Å². The van der Waals surface area contributed by atoms with Crippen molar-refractivity contribution in [3.8, 4) is 0 Å². The third-order valence-corrected chi connectivity index (χ3v) is 5.33. The lowest BCUT2D eigenvalue weighted by molar-refractivity contribution is -0.0586. The lowest BCUT2D eigenvalue weighted by Crippen LogP contribution is -2.48. The van der Waals surface area contributed by atoms with Gasteiger partial charge in [-0.05, 0) is 50.8 Å². The molecular formula is C24H39IN4O2. The molecular weight excluding hydrogens is 503 g/mol. The molecule has 2 rings (SSSR count). The van der Waals surface area contributed by atoms with E-state index < -0.39 is 0 Å². The SMILES string of the molecule is C=CCCCCCN(C)C(=NC)NCc1ccc(C(=O)N2CC(C)OC(C)C2)cc1.I. The number of unbranched alkanes of at least 4 members (excludes halogenated alkanes) is 3. The first-order chi connectivity index (χ1) is 14.4.